The van der Waals surface area contributed by atoms with E-state index in [9.17, 15) is 4.79 Å². The van der Waals surface area contributed by atoms with Crippen molar-refractivity contribution in [2.45, 2.75) is 19.4 Å². The van der Waals surface area contributed by atoms with E-state index < -0.39 is 5.97 Å². The van der Waals surface area contributed by atoms with Gasteiger partial charge in [-0.25, -0.2) is 14.8 Å². The Hall–Kier alpha value is -2.37. The first-order valence-corrected chi connectivity index (χ1v) is 5.50. The van der Waals surface area contributed by atoms with Crippen LogP contribution in [0.4, 0.5) is 5.82 Å². The van der Waals surface area contributed by atoms with Gasteiger partial charge in [-0.2, -0.15) is 0 Å². The van der Waals surface area contributed by atoms with Crippen molar-refractivity contribution in [3.05, 3.63) is 42.2 Å². The van der Waals surface area contributed by atoms with Gasteiger partial charge in [0, 0.05) is 24.9 Å². The Labute approximate surface area is 104 Å². The maximum atomic E-state index is 11.0. The first-order valence-electron chi connectivity index (χ1n) is 5.50. The number of anilines is 1. The fraction of sp³-hybridized carbons (Fsp3) is 0.250. The monoisotopic (exact) mass is 247 g/mol. The van der Waals surface area contributed by atoms with Gasteiger partial charge in [0.1, 0.15) is 5.76 Å². The van der Waals surface area contributed by atoms with E-state index in [0.717, 1.165) is 5.76 Å². The molecule has 1 unspecified atom stereocenters. The average Bonchev–Trinajstić information content (AvgIpc) is 2.82. The predicted octanol–water partition coefficient (Wildman–Crippen LogP) is 1.81. The fourth-order valence-electron chi connectivity index (χ4n) is 1.62. The Morgan fingerprint density at radius 3 is 2.94 bits per heavy atom. The highest BCUT2D eigenvalue weighted by Crippen LogP contribution is 2.12. The zero-order valence-corrected chi connectivity index (χ0v) is 9.83. The zero-order chi connectivity index (χ0) is 13.0. The van der Waals surface area contributed by atoms with Crippen molar-refractivity contribution in [3.63, 3.8) is 0 Å². The molecule has 0 saturated heterocycles. The fourth-order valence-corrected chi connectivity index (χ4v) is 1.62. The number of hydrogen-bond donors (Lipinski definition) is 2. The molecule has 0 radical (unpaired) electrons. The molecule has 0 aliphatic heterocycles. The van der Waals surface area contributed by atoms with Crippen LogP contribution in [0.25, 0.3) is 0 Å². The minimum atomic E-state index is -1.10. The van der Waals surface area contributed by atoms with E-state index in [1.54, 1.807) is 6.26 Å². The number of aromatic nitrogens is 2. The summed E-state index contributed by atoms with van der Waals surface area (Å²) in [6.07, 6.45) is 5.05. The van der Waals surface area contributed by atoms with Gasteiger partial charge in [-0.1, -0.05) is 0 Å². The maximum absolute atomic E-state index is 11.0. The highest BCUT2D eigenvalue weighted by atomic mass is 16.4. The highest BCUT2D eigenvalue weighted by molar-refractivity contribution is 5.90. The summed E-state index contributed by atoms with van der Waals surface area (Å²) in [6.45, 7) is 1.92. The molecule has 94 valence electrons. The second-order valence-corrected chi connectivity index (χ2v) is 3.89. The van der Waals surface area contributed by atoms with Gasteiger partial charge in [0.05, 0.1) is 6.26 Å². The first-order chi connectivity index (χ1) is 8.66. The van der Waals surface area contributed by atoms with Crippen molar-refractivity contribution < 1.29 is 14.3 Å². The lowest BCUT2D eigenvalue weighted by atomic mass is 10.2. The maximum Gasteiger partial charge on any atom is 0.358 e. The van der Waals surface area contributed by atoms with E-state index in [2.05, 4.69) is 15.3 Å². The van der Waals surface area contributed by atoms with Gasteiger partial charge in [-0.05, 0) is 19.1 Å². The van der Waals surface area contributed by atoms with Gasteiger partial charge in [0.25, 0.3) is 0 Å². The minimum Gasteiger partial charge on any atom is -0.476 e. The molecule has 0 fully saturated rings. The molecule has 0 bridgehead atoms. The Bertz CT molecular complexity index is 525. The summed E-state index contributed by atoms with van der Waals surface area (Å²) in [4.78, 5) is 18.7. The topological polar surface area (TPSA) is 88.3 Å². The molecular weight excluding hydrogens is 234 g/mol. The molecule has 2 aromatic heterocycles. The Morgan fingerprint density at radius 1 is 1.50 bits per heavy atom. The first kappa shape index (κ1) is 12.1. The summed E-state index contributed by atoms with van der Waals surface area (Å²) in [5.41, 5.74) is -0.0798. The zero-order valence-electron chi connectivity index (χ0n) is 9.83. The van der Waals surface area contributed by atoms with Crippen molar-refractivity contribution in [3.8, 4) is 0 Å². The number of carboxylic acids is 1. The Kier molecular flexibility index (Phi) is 3.57. The molecular formula is C12H13N3O3. The van der Waals surface area contributed by atoms with Crippen molar-refractivity contribution in [2.24, 2.45) is 0 Å². The van der Waals surface area contributed by atoms with Gasteiger partial charge < -0.3 is 14.8 Å². The number of nitrogens with one attached hydrogen (secondary N) is 1. The average molecular weight is 247 g/mol. The number of hydrogen-bond acceptors (Lipinski definition) is 5. The van der Waals surface area contributed by atoms with Crippen LogP contribution in [-0.2, 0) is 6.42 Å². The van der Waals surface area contributed by atoms with Crippen molar-refractivity contribution in [1.82, 2.24) is 9.97 Å². The molecule has 1 atom stereocenters. The van der Waals surface area contributed by atoms with Crippen LogP contribution in [0.3, 0.4) is 0 Å². The lowest BCUT2D eigenvalue weighted by molar-refractivity contribution is 0.0691. The number of carboxylic acid groups (broad SMARTS) is 1. The Morgan fingerprint density at radius 2 is 2.28 bits per heavy atom. The van der Waals surface area contributed by atoms with Gasteiger partial charge in [-0.3, -0.25) is 0 Å². The van der Waals surface area contributed by atoms with Crippen LogP contribution in [-0.4, -0.2) is 27.1 Å². The van der Waals surface area contributed by atoms with Crippen LogP contribution in [0, 0.1) is 0 Å². The number of rotatable bonds is 5. The molecule has 2 rings (SSSR count). The van der Waals surface area contributed by atoms with E-state index in [1.165, 1.54) is 12.4 Å². The van der Waals surface area contributed by atoms with E-state index in [1.807, 2.05) is 19.1 Å². The van der Waals surface area contributed by atoms with Crippen LogP contribution < -0.4 is 5.32 Å². The van der Waals surface area contributed by atoms with Gasteiger partial charge >= 0.3 is 5.97 Å². The lowest BCUT2D eigenvalue weighted by Gasteiger charge is -2.13. The molecule has 0 amide bonds. The molecule has 0 aromatic carbocycles. The summed E-state index contributed by atoms with van der Waals surface area (Å²) in [7, 11) is 0. The van der Waals surface area contributed by atoms with Gasteiger partial charge in [0.2, 0.25) is 0 Å². The van der Waals surface area contributed by atoms with Crippen LogP contribution in [0.2, 0.25) is 0 Å². The SMILES string of the molecule is CC(Cc1ccco1)Nc1nccnc1C(=O)O. The lowest BCUT2D eigenvalue weighted by Crippen LogP contribution is -2.21. The second-order valence-electron chi connectivity index (χ2n) is 3.89. The standard InChI is InChI=1S/C12H13N3O3/c1-8(7-9-3-2-6-18-9)15-11-10(12(16)17)13-4-5-14-11/h2-6,8H,7H2,1H3,(H,14,15)(H,16,17). The second kappa shape index (κ2) is 5.31. The molecule has 0 spiro atoms. The van der Waals surface area contributed by atoms with Crippen LogP contribution in [0.15, 0.2) is 35.2 Å². The minimum absolute atomic E-state index is 0.00838. The smallest absolute Gasteiger partial charge is 0.358 e. The van der Waals surface area contributed by atoms with E-state index >= 15 is 0 Å². The molecule has 2 aromatic rings. The van der Waals surface area contributed by atoms with Crippen LogP contribution >= 0.6 is 0 Å². The predicted molar refractivity (Wildman–Crippen MR) is 64.5 cm³/mol. The number of nitrogens with zero attached hydrogens (tertiary/aromatic N) is 2. The summed E-state index contributed by atoms with van der Waals surface area (Å²) < 4.78 is 5.23. The molecule has 0 aliphatic rings. The Balaban J connectivity index is 2.07. The third-order valence-electron chi connectivity index (χ3n) is 2.37. The van der Waals surface area contributed by atoms with Crippen molar-refractivity contribution in [1.29, 1.82) is 0 Å². The third kappa shape index (κ3) is 2.85. The normalized spacial score (nSPS) is 12.1. The van der Waals surface area contributed by atoms with Gasteiger partial charge in [0.15, 0.2) is 11.5 Å². The van der Waals surface area contributed by atoms with E-state index in [-0.39, 0.29) is 17.6 Å². The van der Waals surface area contributed by atoms with Crippen molar-refractivity contribution >= 4 is 11.8 Å². The van der Waals surface area contributed by atoms with Crippen molar-refractivity contribution in [2.75, 3.05) is 5.32 Å². The largest absolute Gasteiger partial charge is 0.476 e. The molecule has 0 aliphatic carbocycles. The quantitative estimate of drug-likeness (QED) is 0.837. The highest BCUT2D eigenvalue weighted by Gasteiger charge is 2.15. The molecule has 18 heavy (non-hydrogen) atoms. The summed E-state index contributed by atoms with van der Waals surface area (Å²) >= 11 is 0. The number of carbonyl (C=O) groups is 1. The van der Waals surface area contributed by atoms with E-state index in [4.69, 9.17) is 9.52 Å². The number of aromatic carboxylic acids is 1. The molecule has 2 N–H and O–H groups in total. The van der Waals surface area contributed by atoms with Crippen LogP contribution in [0.5, 0.6) is 0 Å². The van der Waals surface area contributed by atoms with E-state index in [0.29, 0.717) is 6.42 Å². The molecule has 6 heteroatoms. The summed E-state index contributed by atoms with van der Waals surface area (Å²) in [5, 5.41) is 12.0. The van der Waals surface area contributed by atoms with Gasteiger partial charge in [-0.15, -0.1) is 0 Å². The third-order valence-corrected chi connectivity index (χ3v) is 2.37. The molecule has 2 heterocycles. The molecule has 6 nitrogen and oxygen atoms in total. The number of furan rings is 1. The summed E-state index contributed by atoms with van der Waals surface area (Å²) in [6, 6.07) is 3.67. The summed E-state index contributed by atoms with van der Waals surface area (Å²) in [5.74, 6) is -0.00406. The molecule has 0 saturated carbocycles. The van der Waals surface area contributed by atoms with Crippen LogP contribution in [0.1, 0.15) is 23.2 Å².